The summed E-state index contributed by atoms with van der Waals surface area (Å²) in [5, 5.41) is 10.8. The fourth-order valence-electron chi connectivity index (χ4n) is 9.83. The van der Waals surface area contributed by atoms with E-state index in [9.17, 15) is 0 Å². The molecule has 0 saturated carbocycles. The van der Waals surface area contributed by atoms with Crippen LogP contribution in [0.4, 0.5) is 0 Å². The van der Waals surface area contributed by atoms with Gasteiger partial charge in [-0.15, -0.1) is 16.4 Å². The van der Waals surface area contributed by atoms with Crippen LogP contribution in [0.15, 0.2) is 174 Å². The van der Waals surface area contributed by atoms with Crippen LogP contribution in [-0.2, 0) is 0 Å². The molecule has 0 spiro atoms. The lowest BCUT2D eigenvalue weighted by molar-refractivity contribution is 0.666. The Morgan fingerprint density at radius 1 is 0.344 bits per heavy atom. The number of fused-ring (bicyclic) bond motifs is 9. The lowest BCUT2D eigenvalue weighted by Gasteiger charge is -2.25. The maximum atomic E-state index is 6.80. The highest BCUT2D eigenvalue weighted by Gasteiger charge is 2.23. The number of para-hydroxylation sites is 3. The van der Waals surface area contributed by atoms with Gasteiger partial charge >= 0.3 is 0 Å². The first-order valence-electron chi connectivity index (χ1n) is 20.3. The smallest absolute Gasteiger partial charge is 0.159 e. The monoisotopic (exact) mass is 761 g/mol. The minimum absolute atomic E-state index is 0.190. The molecule has 12 aromatic rings. The summed E-state index contributed by atoms with van der Waals surface area (Å²) in [6, 6.07) is 60.1. The minimum Gasteiger partial charge on any atom is -0.454 e. The number of rotatable bonds is 4. The zero-order valence-corrected chi connectivity index (χ0v) is 32.9. The van der Waals surface area contributed by atoms with E-state index in [1.54, 1.807) is 0 Å². The molecule has 61 heavy (non-hydrogen) atoms. The molecule has 0 aliphatic rings. The molecular formula is C54H28B5NO. The molecular weight excluding hydrogens is 733 g/mol. The lowest BCUT2D eigenvalue weighted by atomic mass is 9.59. The topological polar surface area (TPSA) is 18.1 Å². The van der Waals surface area contributed by atoms with Crippen LogP contribution in [0.2, 0.25) is 0 Å². The van der Waals surface area contributed by atoms with Crippen molar-refractivity contribution in [1.29, 1.82) is 0 Å². The van der Waals surface area contributed by atoms with Crippen molar-refractivity contribution in [1.82, 2.24) is 4.57 Å². The van der Waals surface area contributed by atoms with Crippen molar-refractivity contribution in [2.75, 3.05) is 0 Å². The first kappa shape index (κ1) is 35.8. The molecule has 0 aliphatic heterocycles. The van der Waals surface area contributed by atoms with Gasteiger partial charge in [0.15, 0.2) is 5.58 Å². The van der Waals surface area contributed by atoms with Gasteiger partial charge in [0.25, 0.3) is 0 Å². The standard InChI is InChI=1S/C54H28B5NO/c55-49-48(50(56)52(58)53(59)51(49)57)47-38-20-5-3-18-36(38)46(37-19-4-6-21-39(37)47)31-25-29-13-1-2-14-32(29)40(27-31)30-26-41-35-17-9-12-24-45(35)61-54(41)44(28-30)60-42-22-10-7-15-33(42)34-16-8-11-23-43(34)60/h1-28H. The first-order valence-corrected chi connectivity index (χ1v) is 20.3. The highest BCUT2D eigenvalue weighted by molar-refractivity contribution is 6.69. The number of hydrogen-bond acceptors (Lipinski definition) is 1. The van der Waals surface area contributed by atoms with Crippen LogP contribution in [0.5, 0.6) is 0 Å². The van der Waals surface area contributed by atoms with Gasteiger partial charge in [-0.3, -0.25) is 0 Å². The SMILES string of the molecule is [B]c1c([B])c([B])c(-c2c3ccccc3c(-c3cc(-c4cc(-n5c6ccccc6c6ccccc65)c5oc6ccccc6c5c4)c4ccccc4c3)c3ccccc23)c([B])c1[B]. The third kappa shape index (κ3) is 5.17. The van der Waals surface area contributed by atoms with Gasteiger partial charge in [-0.25, -0.2) is 0 Å². The molecule has 0 saturated heterocycles. The largest absolute Gasteiger partial charge is 0.454 e. The highest BCUT2D eigenvalue weighted by atomic mass is 16.3. The van der Waals surface area contributed by atoms with Crippen LogP contribution in [0.3, 0.4) is 0 Å². The Kier molecular flexibility index (Phi) is 7.90. The van der Waals surface area contributed by atoms with Gasteiger partial charge in [0.2, 0.25) is 0 Å². The van der Waals surface area contributed by atoms with E-state index in [0.717, 1.165) is 98.8 Å². The van der Waals surface area contributed by atoms with Gasteiger partial charge in [0, 0.05) is 21.5 Å². The summed E-state index contributed by atoms with van der Waals surface area (Å²) in [5.41, 5.74) is 11.9. The Morgan fingerprint density at radius 2 is 0.820 bits per heavy atom. The van der Waals surface area contributed by atoms with E-state index in [1.165, 1.54) is 10.8 Å². The van der Waals surface area contributed by atoms with E-state index in [2.05, 4.69) is 156 Å². The molecule has 0 amide bonds. The van der Waals surface area contributed by atoms with Crippen molar-refractivity contribution in [3.05, 3.63) is 170 Å². The second-order valence-electron chi connectivity index (χ2n) is 15.9. The Morgan fingerprint density at radius 3 is 1.43 bits per heavy atom. The van der Waals surface area contributed by atoms with Crippen LogP contribution in [0.25, 0.3) is 115 Å². The van der Waals surface area contributed by atoms with E-state index >= 15 is 0 Å². The Bertz CT molecular complexity index is 3700. The summed E-state index contributed by atoms with van der Waals surface area (Å²) < 4.78 is 9.16. The molecule has 7 heteroatoms. The molecule has 2 nitrogen and oxygen atoms in total. The van der Waals surface area contributed by atoms with Crippen molar-refractivity contribution in [3.8, 4) is 39.1 Å². The molecule has 0 bridgehead atoms. The Balaban J connectivity index is 1.19. The fraction of sp³-hybridized carbons (Fsp3) is 0. The molecule has 10 radical (unpaired) electrons. The molecule has 2 aromatic heterocycles. The van der Waals surface area contributed by atoms with Crippen molar-refractivity contribution >= 4 is 143 Å². The number of furan rings is 1. The third-order valence-corrected chi connectivity index (χ3v) is 12.6. The van der Waals surface area contributed by atoms with Gasteiger partial charge in [-0.2, -0.15) is 0 Å². The summed E-state index contributed by atoms with van der Waals surface area (Å²) in [7, 11) is 32.8. The maximum absolute atomic E-state index is 6.80. The van der Waals surface area contributed by atoms with Gasteiger partial charge < -0.3 is 8.98 Å². The number of benzene rings is 10. The van der Waals surface area contributed by atoms with Gasteiger partial charge in [0.1, 0.15) is 44.8 Å². The van der Waals surface area contributed by atoms with Crippen molar-refractivity contribution < 1.29 is 4.42 Å². The van der Waals surface area contributed by atoms with Gasteiger partial charge in [0.05, 0.1) is 16.7 Å². The predicted molar refractivity (Wildman–Crippen MR) is 264 cm³/mol. The molecule has 0 N–H and O–H groups in total. The van der Waals surface area contributed by atoms with E-state index < -0.39 is 0 Å². The fourth-order valence-corrected chi connectivity index (χ4v) is 9.83. The van der Waals surface area contributed by atoms with E-state index in [0.29, 0.717) is 16.5 Å². The Labute approximate surface area is 358 Å². The zero-order valence-electron chi connectivity index (χ0n) is 32.9. The molecule has 10 aromatic carbocycles. The second kappa shape index (κ2) is 13.5. The zero-order chi connectivity index (χ0) is 41.1. The normalized spacial score (nSPS) is 11.9. The minimum atomic E-state index is 0.190. The number of nitrogens with zero attached hydrogens (tertiary/aromatic N) is 1. The van der Waals surface area contributed by atoms with Crippen LogP contribution in [0.1, 0.15) is 0 Å². The third-order valence-electron chi connectivity index (χ3n) is 12.6. The Hall–Kier alpha value is -7.10. The molecule has 0 fully saturated rings. The van der Waals surface area contributed by atoms with Crippen LogP contribution >= 0.6 is 0 Å². The van der Waals surface area contributed by atoms with E-state index in [4.69, 9.17) is 43.6 Å². The van der Waals surface area contributed by atoms with Gasteiger partial charge in [-0.05, 0) is 108 Å². The average Bonchev–Trinajstić information content (AvgIpc) is 3.85. The molecule has 2 heterocycles. The van der Waals surface area contributed by atoms with Crippen LogP contribution < -0.4 is 27.3 Å². The summed E-state index contributed by atoms with van der Waals surface area (Å²) in [5.74, 6) is 0. The maximum Gasteiger partial charge on any atom is 0.159 e. The van der Waals surface area contributed by atoms with E-state index in [-0.39, 0.29) is 16.4 Å². The molecule has 0 atom stereocenters. The van der Waals surface area contributed by atoms with Crippen molar-refractivity contribution in [3.63, 3.8) is 0 Å². The number of aromatic nitrogens is 1. The summed E-state index contributed by atoms with van der Waals surface area (Å²) in [4.78, 5) is 0. The number of hydrogen-bond donors (Lipinski definition) is 0. The predicted octanol–water partition coefficient (Wildman–Crippen LogP) is 9.11. The van der Waals surface area contributed by atoms with E-state index in [1.807, 2.05) is 18.2 Å². The quantitative estimate of drug-likeness (QED) is 0.129. The molecule has 12 rings (SSSR count). The molecule has 0 unspecified atom stereocenters. The van der Waals surface area contributed by atoms with Crippen LogP contribution in [0, 0.1) is 0 Å². The summed E-state index contributed by atoms with van der Waals surface area (Å²) in [6.07, 6.45) is 0. The summed E-state index contributed by atoms with van der Waals surface area (Å²) >= 11 is 0. The lowest BCUT2D eigenvalue weighted by Crippen LogP contribution is -2.55. The first-order chi connectivity index (χ1) is 29.9. The summed E-state index contributed by atoms with van der Waals surface area (Å²) in [6.45, 7) is 0. The van der Waals surface area contributed by atoms with Crippen LogP contribution in [-0.4, -0.2) is 43.8 Å². The van der Waals surface area contributed by atoms with Crippen molar-refractivity contribution in [2.24, 2.45) is 0 Å². The highest BCUT2D eigenvalue weighted by Crippen LogP contribution is 2.46. The molecule has 270 valence electrons. The second-order valence-corrected chi connectivity index (χ2v) is 15.9. The molecule has 0 aliphatic carbocycles. The van der Waals surface area contributed by atoms with Gasteiger partial charge in [-0.1, -0.05) is 138 Å². The van der Waals surface area contributed by atoms with Crippen molar-refractivity contribution in [2.45, 2.75) is 0 Å². The average molecular weight is 761 g/mol.